The summed E-state index contributed by atoms with van der Waals surface area (Å²) in [4.78, 5) is 35.4. The van der Waals surface area contributed by atoms with Gasteiger partial charge in [0.15, 0.2) is 0 Å². The number of carbonyl (C=O) groups excluding carboxylic acids is 3. The molecule has 0 saturated carbocycles. The number of hydrogen-bond acceptors (Lipinski definition) is 4. The molecule has 3 rings (SSSR count). The van der Waals surface area contributed by atoms with Gasteiger partial charge in [0.05, 0.1) is 17.2 Å². The van der Waals surface area contributed by atoms with Crippen molar-refractivity contribution < 1.29 is 18.7 Å². The molecule has 6 heteroatoms. The van der Waals surface area contributed by atoms with Crippen molar-refractivity contribution in [1.29, 1.82) is 0 Å². The Morgan fingerprint density at radius 3 is 1.79 bits per heavy atom. The third kappa shape index (κ3) is 3.63. The molecule has 1 aliphatic heterocycles. The standard InChI is InChI=1S/C16H13NO2.C2H3ClO2/c1-11(12-7-3-2-4-8-12)17-15(18)13-9-5-6-10-14(13)16(17)19;1-2(4)5-3/h2-11H,1H3;1H3. The Balaban J connectivity index is 0.000000368. The average molecular weight is 346 g/mol. The molecule has 0 radical (unpaired) electrons. The van der Waals surface area contributed by atoms with Gasteiger partial charge >= 0.3 is 5.97 Å². The molecule has 1 heterocycles. The van der Waals surface area contributed by atoms with E-state index in [-0.39, 0.29) is 17.9 Å². The highest BCUT2D eigenvalue weighted by Gasteiger charge is 2.38. The van der Waals surface area contributed by atoms with Gasteiger partial charge in [0.2, 0.25) is 0 Å². The molecule has 0 aliphatic carbocycles. The quantitative estimate of drug-likeness (QED) is 0.778. The van der Waals surface area contributed by atoms with Gasteiger partial charge in [-0.15, -0.1) is 0 Å². The fourth-order valence-electron chi connectivity index (χ4n) is 2.44. The predicted molar refractivity (Wildman–Crippen MR) is 89.4 cm³/mol. The monoisotopic (exact) mass is 345 g/mol. The van der Waals surface area contributed by atoms with Crippen molar-refractivity contribution >= 4 is 29.6 Å². The normalized spacial score (nSPS) is 13.7. The molecule has 2 amide bonds. The van der Waals surface area contributed by atoms with Crippen LogP contribution >= 0.6 is 11.9 Å². The Bertz CT molecular complexity index is 726. The maximum atomic E-state index is 12.3. The minimum absolute atomic E-state index is 0.211. The first-order valence-electron chi connectivity index (χ1n) is 7.28. The van der Waals surface area contributed by atoms with E-state index in [0.29, 0.717) is 11.1 Å². The topological polar surface area (TPSA) is 63.7 Å². The number of carbonyl (C=O) groups is 3. The van der Waals surface area contributed by atoms with Crippen LogP contribution in [0.3, 0.4) is 0 Å². The molecule has 2 aromatic rings. The van der Waals surface area contributed by atoms with Crippen molar-refractivity contribution in [3.05, 3.63) is 71.3 Å². The highest BCUT2D eigenvalue weighted by Crippen LogP contribution is 2.30. The molecular formula is C18H16ClNO4. The zero-order valence-electron chi connectivity index (χ0n) is 13.2. The molecule has 24 heavy (non-hydrogen) atoms. The van der Waals surface area contributed by atoms with E-state index in [1.54, 1.807) is 24.3 Å². The summed E-state index contributed by atoms with van der Waals surface area (Å²) < 4.78 is 3.58. The summed E-state index contributed by atoms with van der Waals surface area (Å²) in [5.74, 6) is -0.902. The summed E-state index contributed by atoms with van der Waals surface area (Å²) >= 11 is 4.49. The van der Waals surface area contributed by atoms with Crippen LogP contribution in [0.4, 0.5) is 0 Å². The lowest BCUT2D eigenvalue weighted by atomic mass is 10.1. The maximum absolute atomic E-state index is 12.3. The van der Waals surface area contributed by atoms with Crippen molar-refractivity contribution in [1.82, 2.24) is 4.90 Å². The molecule has 1 unspecified atom stereocenters. The second-order valence-electron chi connectivity index (χ2n) is 5.18. The molecule has 5 nitrogen and oxygen atoms in total. The van der Waals surface area contributed by atoms with Crippen LogP contribution < -0.4 is 0 Å². The molecule has 0 saturated heterocycles. The van der Waals surface area contributed by atoms with Gasteiger partial charge in [0.25, 0.3) is 11.8 Å². The zero-order chi connectivity index (χ0) is 17.7. The van der Waals surface area contributed by atoms with Gasteiger partial charge in [-0.25, -0.2) is 0 Å². The summed E-state index contributed by atoms with van der Waals surface area (Å²) in [6.07, 6.45) is 0. The Morgan fingerprint density at radius 1 is 0.958 bits per heavy atom. The second-order valence-corrected chi connectivity index (χ2v) is 5.34. The van der Waals surface area contributed by atoms with Crippen molar-refractivity contribution in [2.45, 2.75) is 19.9 Å². The summed E-state index contributed by atoms with van der Waals surface area (Å²) in [7, 11) is 0. The fourth-order valence-corrected chi connectivity index (χ4v) is 2.44. The van der Waals surface area contributed by atoms with Gasteiger partial charge in [-0.3, -0.25) is 19.3 Å². The van der Waals surface area contributed by atoms with Gasteiger partial charge in [-0.1, -0.05) is 42.5 Å². The number of fused-ring (bicyclic) bond motifs is 1. The summed E-state index contributed by atoms with van der Waals surface area (Å²) in [6, 6.07) is 16.3. The van der Waals surface area contributed by atoms with Crippen molar-refractivity contribution in [2.24, 2.45) is 0 Å². The first-order chi connectivity index (χ1) is 11.5. The first kappa shape index (κ1) is 17.7. The molecule has 0 N–H and O–H groups in total. The molecular weight excluding hydrogens is 330 g/mol. The predicted octanol–water partition coefficient (Wildman–Crippen LogP) is 3.75. The SMILES string of the molecule is CC(=O)OCl.CC(c1ccccc1)N1C(=O)c2ccccc2C1=O. The smallest absolute Gasteiger partial charge is 0.321 e. The molecule has 0 aromatic heterocycles. The van der Waals surface area contributed by atoms with Crippen molar-refractivity contribution in [3.8, 4) is 0 Å². The van der Waals surface area contributed by atoms with Gasteiger partial charge < -0.3 is 4.29 Å². The summed E-state index contributed by atoms with van der Waals surface area (Å²) in [5.41, 5.74) is 1.95. The molecule has 1 aliphatic rings. The maximum Gasteiger partial charge on any atom is 0.321 e. The average Bonchev–Trinajstić information content (AvgIpc) is 2.87. The van der Waals surface area contributed by atoms with E-state index in [1.807, 2.05) is 37.3 Å². The number of halogens is 1. The van der Waals surface area contributed by atoms with Gasteiger partial charge in [-0.05, 0) is 24.6 Å². The highest BCUT2D eigenvalue weighted by molar-refractivity contribution is 6.21. The second kappa shape index (κ2) is 7.75. The number of nitrogens with zero attached hydrogens (tertiary/aromatic N) is 1. The number of imide groups is 1. The van der Waals surface area contributed by atoms with Crippen LogP contribution in [0.2, 0.25) is 0 Å². The third-order valence-electron chi connectivity index (χ3n) is 3.60. The molecule has 1 atom stereocenters. The molecule has 2 aromatic carbocycles. The summed E-state index contributed by atoms with van der Waals surface area (Å²) in [5, 5.41) is 0. The van der Waals surface area contributed by atoms with Crippen LogP contribution in [0.15, 0.2) is 54.6 Å². The van der Waals surface area contributed by atoms with Crippen LogP contribution in [0.5, 0.6) is 0 Å². The minimum atomic E-state index is -0.480. The van der Waals surface area contributed by atoms with Crippen LogP contribution in [-0.2, 0) is 9.08 Å². The number of amides is 2. The van der Waals surface area contributed by atoms with E-state index < -0.39 is 5.97 Å². The Hall–Kier alpha value is -2.66. The molecule has 0 fully saturated rings. The van der Waals surface area contributed by atoms with Crippen LogP contribution in [0.1, 0.15) is 46.2 Å². The van der Waals surface area contributed by atoms with Gasteiger partial charge in [0, 0.05) is 6.92 Å². The largest absolute Gasteiger partial charge is 0.348 e. The van der Waals surface area contributed by atoms with Crippen molar-refractivity contribution in [2.75, 3.05) is 0 Å². The Morgan fingerprint density at radius 2 is 1.38 bits per heavy atom. The number of benzene rings is 2. The third-order valence-corrected chi connectivity index (χ3v) is 3.82. The minimum Gasteiger partial charge on any atom is -0.348 e. The van der Waals surface area contributed by atoms with E-state index in [2.05, 4.69) is 16.2 Å². The van der Waals surface area contributed by atoms with Crippen LogP contribution in [0.25, 0.3) is 0 Å². The van der Waals surface area contributed by atoms with Crippen LogP contribution in [-0.4, -0.2) is 22.7 Å². The van der Waals surface area contributed by atoms with E-state index in [4.69, 9.17) is 0 Å². The fraction of sp³-hybridized carbons (Fsp3) is 0.167. The first-order valence-corrected chi connectivity index (χ1v) is 7.59. The van der Waals surface area contributed by atoms with E-state index in [9.17, 15) is 14.4 Å². The van der Waals surface area contributed by atoms with E-state index in [1.165, 1.54) is 11.8 Å². The summed E-state index contributed by atoms with van der Waals surface area (Å²) in [6.45, 7) is 3.10. The number of hydrogen-bond donors (Lipinski definition) is 0. The molecule has 0 bridgehead atoms. The van der Waals surface area contributed by atoms with E-state index >= 15 is 0 Å². The lowest BCUT2D eigenvalue weighted by molar-refractivity contribution is -0.131. The van der Waals surface area contributed by atoms with Gasteiger partial charge in [-0.2, -0.15) is 0 Å². The lowest BCUT2D eigenvalue weighted by Gasteiger charge is -2.22. The molecule has 0 spiro atoms. The van der Waals surface area contributed by atoms with Crippen molar-refractivity contribution in [3.63, 3.8) is 0 Å². The van der Waals surface area contributed by atoms with E-state index in [0.717, 1.165) is 5.56 Å². The highest BCUT2D eigenvalue weighted by atomic mass is 35.5. The lowest BCUT2D eigenvalue weighted by Crippen LogP contribution is -2.32. The number of rotatable bonds is 2. The zero-order valence-corrected chi connectivity index (χ0v) is 14.0. The molecule has 124 valence electrons. The Kier molecular flexibility index (Phi) is 5.71. The Labute approximate surface area is 145 Å². The van der Waals surface area contributed by atoms with Gasteiger partial charge in [0.1, 0.15) is 11.9 Å². The van der Waals surface area contributed by atoms with Crippen LogP contribution in [0, 0.1) is 0 Å².